The van der Waals surface area contributed by atoms with Crippen LogP contribution in [0.2, 0.25) is 0 Å². The summed E-state index contributed by atoms with van der Waals surface area (Å²) in [6, 6.07) is -6.06. The molecule has 0 bridgehead atoms. The van der Waals surface area contributed by atoms with Gasteiger partial charge in [0, 0.05) is 6.42 Å². The van der Waals surface area contributed by atoms with E-state index < -0.39 is 85.0 Å². The van der Waals surface area contributed by atoms with Gasteiger partial charge >= 0.3 is 17.9 Å². The molecule has 0 fully saturated rings. The van der Waals surface area contributed by atoms with Crippen molar-refractivity contribution in [3.63, 3.8) is 0 Å². The number of nitrogens with one attached hydrogen (secondary N) is 3. The number of amides is 4. The van der Waals surface area contributed by atoms with E-state index in [2.05, 4.69) is 10.6 Å². The fourth-order valence-electron chi connectivity index (χ4n) is 2.76. The first-order valence-electron chi connectivity index (χ1n) is 10.2. The molecule has 4 amide bonds. The molecule has 4 unspecified atom stereocenters. The molecule has 4 atom stereocenters. The molecule has 0 aliphatic rings. The summed E-state index contributed by atoms with van der Waals surface area (Å²) in [5.74, 6) is -8.52. The minimum absolute atomic E-state index is 0.0451. The predicted octanol–water partition coefficient (Wildman–Crippen LogP) is -2.89. The van der Waals surface area contributed by atoms with Crippen LogP contribution in [0.15, 0.2) is 0 Å². The van der Waals surface area contributed by atoms with Gasteiger partial charge in [-0.3, -0.25) is 28.8 Å². The molecule has 0 aliphatic carbocycles. The second kappa shape index (κ2) is 14.4. The molecule has 34 heavy (non-hydrogen) atoms. The highest BCUT2D eigenvalue weighted by Crippen LogP contribution is 2.06. The van der Waals surface area contributed by atoms with Crippen molar-refractivity contribution in [3.8, 4) is 0 Å². The number of rotatable bonds is 16. The molecule has 10 N–H and O–H groups in total. The normalized spacial score (nSPS) is 14.2. The average molecular weight is 489 g/mol. The van der Waals surface area contributed by atoms with Crippen LogP contribution in [0.3, 0.4) is 0 Å². The highest BCUT2D eigenvalue weighted by molar-refractivity contribution is 5.96. The van der Waals surface area contributed by atoms with Crippen LogP contribution in [0.25, 0.3) is 0 Å². The summed E-state index contributed by atoms with van der Waals surface area (Å²) in [6.07, 6.45) is -2.42. The third-order valence-electron chi connectivity index (χ3n) is 4.37. The molecule has 15 nitrogen and oxygen atoms in total. The molecule has 0 aromatic carbocycles. The van der Waals surface area contributed by atoms with E-state index in [4.69, 9.17) is 26.8 Å². The summed E-state index contributed by atoms with van der Waals surface area (Å²) >= 11 is 0. The van der Waals surface area contributed by atoms with E-state index in [0.717, 1.165) is 0 Å². The van der Waals surface area contributed by atoms with Crippen molar-refractivity contribution in [2.45, 2.75) is 70.1 Å². The minimum atomic E-state index is -1.87. The van der Waals surface area contributed by atoms with Crippen molar-refractivity contribution in [2.75, 3.05) is 0 Å². The van der Waals surface area contributed by atoms with Gasteiger partial charge in [-0.1, -0.05) is 13.8 Å². The van der Waals surface area contributed by atoms with Gasteiger partial charge in [0.15, 0.2) is 0 Å². The van der Waals surface area contributed by atoms with Gasteiger partial charge in [-0.2, -0.15) is 0 Å². The Labute approximate surface area is 194 Å². The lowest BCUT2D eigenvalue weighted by Gasteiger charge is -2.24. The molecular formula is C19H31N5O10. The van der Waals surface area contributed by atoms with Gasteiger partial charge in [0.05, 0.1) is 18.9 Å². The Morgan fingerprint density at radius 3 is 1.68 bits per heavy atom. The zero-order chi connectivity index (χ0) is 26.6. The predicted molar refractivity (Wildman–Crippen MR) is 114 cm³/mol. The molecule has 0 heterocycles. The lowest BCUT2D eigenvalue weighted by atomic mass is 10.0. The maximum absolute atomic E-state index is 12.7. The van der Waals surface area contributed by atoms with Crippen LogP contribution in [0.5, 0.6) is 0 Å². The van der Waals surface area contributed by atoms with E-state index in [1.54, 1.807) is 0 Å². The Hall–Kier alpha value is -3.75. The van der Waals surface area contributed by atoms with Crippen molar-refractivity contribution in [1.82, 2.24) is 16.0 Å². The highest BCUT2D eigenvalue weighted by atomic mass is 16.4. The molecule has 0 rings (SSSR count). The summed E-state index contributed by atoms with van der Waals surface area (Å²) in [5, 5.41) is 33.1. The van der Waals surface area contributed by atoms with Crippen molar-refractivity contribution >= 4 is 41.5 Å². The van der Waals surface area contributed by atoms with Crippen molar-refractivity contribution in [2.24, 2.45) is 17.4 Å². The van der Waals surface area contributed by atoms with Crippen LogP contribution in [-0.4, -0.2) is 81.0 Å². The molecular weight excluding hydrogens is 458 g/mol. The molecule has 192 valence electrons. The number of aliphatic carboxylic acids is 3. The second-order valence-corrected chi connectivity index (χ2v) is 7.96. The van der Waals surface area contributed by atoms with E-state index in [9.17, 15) is 33.6 Å². The van der Waals surface area contributed by atoms with Crippen LogP contribution in [0.4, 0.5) is 0 Å². The van der Waals surface area contributed by atoms with Crippen LogP contribution >= 0.6 is 0 Å². The van der Waals surface area contributed by atoms with Crippen molar-refractivity contribution < 1.29 is 48.9 Å². The molecule has 0 aliphatic heterocycles. The largest absolute Gasteiger partial charge is 0.481 e. The summed E-state index contributed by atoms with van der Waals surface area (Å²) in [7, 11) is 0. The number of primary amides is 1. The summed E-state index contributed by atoms with van der Waals surface area (Å²) in [5.41, 5.74) is 10.8. The first-order chi connectivity index (χ1) is 15.6. The molecule has 0 aromatic rings. The van der Waals surface area contributed by atoms with Gasteiger partial charge in [0.2, 0.25) is 23.6 Å². The highest BCUT2D eigenvalue weighted by Gasteiger charge is 2.32. The molecule has 15 heteroatoms. The van der Waals surface area contributed by atoms with E-state index >= 15 is 0 Å². The van der Waals surface area contributed by atoms with Crippen molar-refractivity contribution in [3.05, 3.63) is 0 Å². The summed E-state index contributed by atoms with van der Waals surface area (Å²) in [4.78, 5) is 81.8. The van der Waals surface area contributed by atoms with Crippen molar-refractivity contribution in [1.29, 1.82) is 0 Å². The second-order valence-electron chi connectivity index (χ2n) is 7.96. The third kappa shape index (κ3) is 12.3. The first-order valence-corrected chi connectivity index (χ1v) is 10.2. The zero-order valence-corrected chi connectivity index (χ0v) is 18.8. The monoisotopic (exact) mass is 489 g/mol. The third-order valence-corrected chi connectivity index (χ3v) is 4.37. The van der Waals surface area contributed by atoms with Gasteiger partial charge < -0.3 is 42.7 Å². The number of carbonyl (C=O) groups is 7. The topological polar surface area (TPSA) is 268 Å². The van der Waals surface area contributed by atoms with Gasteiger partial charge in [0.1, 0.15) is 18.1 Å². The number of carboxylic acids is 3. The molecule has 0 spiro atoms. The van der Waals surface area contributed by atoms with E-state index in [1.165, 1.54) is 0 Å². The van der Waals surface area contributed by atoms with Gasteiger partial charge in [-0.15, -0.1) is 0 Å². The number of hydrogen-bond donors (Lipinski definition) is 8. The Bertz CT molecular complexity index is 800. The Kier molecular flexibility index (Phi) is 12.8. The summed E-state index contributed by atoms with van der Waals surface area (Å²) < 4.78 is 0. The van der Waals surface area contributed by atoms with Gasteiger partial charge in [0.25, 0.3) is 0 Å². The van der Waals surface area contributed by atoms with E-state index in [-0.39, 0.29) is 18.8 Å². The molecule has 0 radical (unpaired) electrons. The standard InChI is InChI=1S/C19H31N5O10/c1-8(2)5-9(20)16(30)22-10(3-4-14(26)27)17(31)23-11(6-13(21)25)18(32)24-12(19(33)34)7-15(28)29/h8-12H,3-7,20H2,1-2H3,(H2,21,25)(H,22,30)(H,23,31)(H,24,32)(H,26,27)(H,28,29)(H,33,34). The van der Waals surface area contributed by atoms with Gasteiger partial charge in [-0.05, 0) is 18.8 Å². The van der Waals surface area contributed by atoms with E-state index in [1.807, 2.05) is 19.2 Å². The maximum atomic E-state index is 12.7. The Balaban J connectivity index is 5.60. The number of carbonyl (C=O) groups excluding carboxylic acids is 4. The molecule has 0 aromatic heterocycles. The smallest absolute Gasteiger partial charge is 0.326 e. The van der Waals surface area contributed by atoms with Crippen LogP contribution in [-0.2, 0) is 33.6 Å². The number of hydrogen-bond acceptors (Lipinski definition) is 8. The fourth-order valence-corrected chi connectivity index (χ4v) is 2.76. The Morgan fingerprint density at radius 1 is 0.735 bits per heavy atom. The molecule has 0 saturated heterocycles. The minimum Gasteiger partial charge on any atom is -0.481 e. The van der Waals surface area contributed by atoms with Crippen LogP contribution in [0.1, 0.15) is 46.0 Å². The van der Waals surface area contributed by atoms with Gasteiger partial charge in [-0.25, -0.2) is 4.79 Å². The average Bonchev–Trinajstić information content (AvgIpc) is 2.68. The quantitative estimate of drug-likeness (QED) is 0.109. The number of nitrogens with two attached hydrogens (primary N) is 2. The Morgan fingerprint density at radius 2 is 1.24 bits per heavy atom. The summed E-state index contributed by atoms with van der Waals surface area (Å²) in [6.45, 7) is 3.62. The van der Waals surface area contributed by atoms with Crippen LogP contribution < -0.4 is 27.4 Å². The molecule has 0 saturated carbocycles. The number of carboxylic acid groups (broad SMARTS) is 3. The SMILES string of the molecule is CC(C)CC(N)C(=O)NC(CCC(=O)O)C(=O)NC(CC(N)=O)C(=O)NC(CC(=O)O)C(=O)O. The zero-order valence-electron chi connectivity index (χ0n) is 18.8. The maximum Gasteiger partial charge on any atom is 0.326 e. The fraction of sp³-hybridized carbons (Fsp3) is 0.632. The lowest BCUT2D eigenvalue weighted by molar-refractivity contribution is -0.147. The van der Waals surface area contributed by atoms with Crippen LogP contribution in [0, 0.1) is 5.92 Å². The first kappa shape index (κ1) is 30.2. The van der Waals surface area contributed by atoms with E-state index in [0.29, 0.717) is 0 Å². The lowest BCUT2D eigenvalue weighted by Crippen LogP contribution is -2.58.